The van der Waals surface area contributed by atoms with E-state index in [2.05, 4.69) is 31.2 Å². The maximum absolute atomic E-state index is 9.55. The number of rotatable bonds is 2. The van der Waals surface area contributed by atoms with Crippen molar-refractivity contribution >= 4 is 0 Å². The summed E-state index contributed by atoms with van der Waals surface area (Å²) in [5.74, 6) is 0.807. The van der Waals surface area contributed by atoms with Crippen molar-refractivity contribution in [2.45, 2.75) is 12.3 Å². The Morgan fingerprint density at radius 3 is 1.67 bits per heavy atom. The number of phenols is 2. The molecule has 2 nitrogen and oxygen atoms in total. The molecule has 2 N–H and O–H groups in total. The third-order valence-corrected chi connectivity index (χ3v) is 4.28. The van der Waals surface area contributed by atoms with E-state index < -0.39 is 0 Å². The molecule has 21 heavy (non-hydrogen) atoms. The van der Waals surface area contributed by atoms with Crippen LogP contribution in [0.1, 0.15) is 18.1 Å². The highest BCUT2D eigenvalue weighted by molar-refractivity contribution is 5.50. The SMILES string of the molecule is CC1C=CC=CC1(c1ccc(O)cc1)c1ccc(O)cc1. The summed E-state index contributed by atoms with van der Waals surface area (Å²) in [6.45, 7) is 2.18. The maximum atomic E-state index is 9.55. The third kappa shape index (κ3) is 2.23. The predicted octanol–water partition coefficient (Wildman–Crippen LogP) is 4.15. The molecule has 106 valence electrons. The summed E-state index contributed by atoms with van der Waals surface area (Å²) in [5.41, 5.74) is 1.97. The summed E-state index contributed by atoms with van der Waals surface area (Å²) < 4.78 is 0. The number of benzene rings is 2. The van der Waals surface area contributed by atoms with E-state index in [1.54, 1.807) is 24.3 Å². The second-order valence-electron chi connectivity index (χ2n) is 5.50. The van der Waals surface area contributed by atoms with Crippen molar-refractivity contribution in [1.29, 1.82) is 0 Å². The zero-order valence-corrected chi connectivity index (χ0v) is 11.9. The summed E-state index contributed by atoms with van der Waals surface area (Å²) in [5, 5.41) is 19.1. The molecule has 0 radical (unpaired) electrons. The van der Waals surface area contributed by atoms with E-state index in [1.165, 1.54) is 0 Å². The van der Waals surface area contributed by atoms with E-state index in [9.17, 15) is 10.2 Å². The van der Waals surface area contributed by atoms with E-state index in [1.807, 2.05) is 24.3 Å². The minimum Gasteiger partial charge on any atom is -0.508 e. The van der Waals surface area contributed by atoms with Crippen molar-refractivity contribution in [2.24, 2.45) is 5.92 Å². The molecule has 1 aliphatic rings. The molecule has 2 aromatic rings. The molecule has 2 heteroatoms. The Morgan fingerprint density at radius 2 is 1.24 bits per heavy atom. The van der Waals surface area contributed by atoms with Crippen molar-refractivity contribution in [1.82, 2.24) is 0 Å². The number of hydrogen-bond acceptors (Lipinski definition) is 2. The summed E-state index contributed by atoms with van der Waals surface area (Å²) in [6.07, 6.45) is 8.49. The van der Waals surface area contributed by atoms with Gasteiger partial charge in [-0.1, -0.05) is 55.5 Å². The normalized spacial score (nSPS) is 19.6. The van der Waals surface area contributed by atoms with Crippen molar-refractivity contribution < 1.29 is 10.2 Å². The Labute approximate surface area is 124 Å². The molecule has 0 fully saturated rings. The zero-order valence-electron chi connectivity index (χ0n) is 11.9. The quantitative estimate of drug-likeness (QED) is 0.866. The Kier molecular flexibility index (Phi) is 3.30. The van der Waals surface area contributed by atoms with Gasteiger partial charge in [-0.2, -0.15) is 0 Å². The minimum absolute atomic E-state index is 0.266. The first kappa shape index (κ1) is 13.5. The lowest BCUT2D eigenvalue weighted by molar-refractivity contribution is 0.467. The van der Waals surface area contributed by atoms with Crippen LogP contribution in [-0.4, -0.2) is 10.2 Å². The van der Waals surface area contributed by atoms with Crippen LogP contribution in [0.25, 0.3) is 0 Å². The van der Waals surface area contributed by atoms with Crippen molar-refractivity contribution in [3.8, 4) is 11.5 Å². The van der Waals surface area contributed by atoms with Crippen molar-refractivity contribution in [3.63, 3.8) is 0 Å². The van der Waals surface area contributed by atoms with Gasteiger partial charge in [0.25, 0.3) is 0 Å². The second kappa shape index (κ2) is 5.13. The van der Waals surface area contributed by atoms with Gasteiger partial charge in [0, 0.05) is 5.41 Å². The topological polar surface area (TPSA) is 40.5 Å². The molecular formula is C19H18O2. The second-order valence-corrected chi connectivity index (χ2v) is 5.50. The van der Waals surface area contributed by atoms with Gasteiger partial charge in [0.05, 0.1) is 0 Å². The highest BCUT2D eigenvalue weighted by atomic mass is 16.3. The van der Waals surface area contributed by atoms with Crippen molar-refractivity contribution in [3.05, 3.63) is 84.0 Å². The average Bonchev–Trinajstić information content (AvgIpc) is 2.50. The number of hydrogen-bond donors (Lipinski definition) is 2. The summed E-state index contributed by atoms with van der Waals surface area (Å²) in [7, 11) is 0. The van der Waals surface area contributed by atoms with Crippen LogP contribution in [0.15, 0.2) is 72.8 Å². The van der Waals surface area contributed by atoms with Crippen molar-refractivity contribution in [2.75, 3.05) is 0 Å². The first-order valence-corrected chi connectivity index (χ1v) is 7.08. The molecular weight excluding hydrogens is 260 g/mol. The fraction of sp³-hybridized carbons (Fsp3) is 0.158. The van der Waals surface area contributed by atoms with E-state index in [4.69, 9.17) is 0 Å². The van der Waals surface area contributed by atoms with Crippen LogP contribution in [0.3, 0.4) is 0 Å². The van der Waals surface area contributed by atoms with E-state index >= 15 is 0 Å². The number of allylic oxidation sites excluding steroid dienone is 4. The van der Waals surface area contributed by atoms with Gasteiger partial charge in [0.2, 0.25) is 0 Å². The van der Waals surface area contributed by atoms with Gasteiger partial charge in [-0.05, 0) is 41.3 Å². The van der Waals surface area contributed by atoms with E-state index in [-0.39, 0.29) is 22.8 Å². The molecule has 0 amide bonds. The highest BCUT2D eigenvalue weighted by Gasteiger charge is 2.37. The van der Waals surface area contributed by atoms with Gasteiger partial charge in [-0.15, -0.1) is 0 Å². The number of phenolic OH excluding ortho intramolecular Hbond substituents is 2. The molecule has 0 spiro atoms. The molecule has 1 atom stereocenters. The van der Waals surface area contributed by atoms with Crippen LogP contribution < -0.4 is 0 Å². The van der Waals surface area contributed by atoms with Crippen LogP contribution in [0.5, 0.6) is 11.5 Å². The Morgan fingerprint density at radius 1 is 0.762 bits per heavy atom. The Balaban J connectivity index is 2.20. The van der Waals surface area contributed by atoms with Crippen LogP contribution in [-0.2, 0) is 5.41 Å². The first-order chi connectivity index (χ1) is 10.1. The molecule has 1 unspecified atom stereocenters. The fourth-order valence-corrected chi connectivity index (χ4v) is 3.10. The van der Waals surface area contributed by atoms with Crippen LogP contribution in [0, 0.1) is 5.92 Å². The summed E-state index contributed by atoms with van der Waals surface area (Å²) >= 11 is 0. The van der Waals surface area contributed by atoms with Gasteiger partial charge in [-0.3, -0.25) is 0 Å². The van der Waals surface area contributed by atoms with Gasteiger partial charge in [0.15, 0.2) is 0 Å². The lowest BCUT2D eigenvalue weighted by atomic mass is 9.65. The smallest absolute Gasteiger partial charge is 0.115 e. The molecule has 0 saturated heterocycles. The molecule has 0 heterocycles. The van der Waals surface area contributed by atoms with E-state index in [0.717, 1.165) is 11.1 Å². The van der Waals surface area contributed by atoms with Gasteiger partial charge in [-0.25, -0.2) is 0 Å². The van der Waals surface area contributed by atoms with Crippen LogP contribution in [0.2, 0.25) is 0 Å². The molecule has 0 saturated carbocycles. The molecule has 3 rings (SSSR count). The molecule has 0 aliphatic heterocycles. The standard InChI is InChI=1S/C19H18O2/c1-14-4-2-3-13-19(14,15-5-9-17(20)10-6-15)16-7-11-18(21)12-8-16/h2-14,20-21H,1H3. The molecule has 1 aliphatic carbocycles. The van der Waals surface area contributed by atoms with Gasteiger partial charge < -0.3 is 10.2 Å². The van der Waals surface area contributed by atoms with E-state index in [0.29, 0.717) is 0 Å². The monoisotopic (exact) mass is 278 g/mol. The third-order valence-electron chi connectivity index (χ3n) is 4.28. The number of aromatic hydroxyl groups is 2. The lowest BCUT2D eigenvalue weighted by Gasteiger charge is -2.38. The fourth-order valence-electron chi connectivity index (χ4n) is 3.10. The van der Waals surface area contributed by atoms with Gasteiger partial charge >= 0.3 is 0 Å². The Bertz CT molecular complexity index is 633. The summed E-state index contributed by atoms with van der Waals surface area (Å²) in [6, 6.07) is 14.7. The van der Waals surface area contributed by atoms with Crippen LogP contribution >= 0.6 is 0 Å². The first-order valence-electron chi connectivity index (χ1n) is 7.08. The molecule has 0 aromatic heterocycles. The zero-order chi connectivity index (χ0) is 14.9. The van der Waals surface area contributed by atoms with Gasteiger partial charge in [0.1, 0.15) is 11.5 Å². The Hall–Kier alpha value is -2.48. The minimum atomic E-state index is -0.282. The maximum Gasteiger partial charge on any atom is 0.115 e. The van der Waals surface area contributed by atoms with Crippen LogP contribution in [0.4, 0.5) is 0 Å². The largest absolute Gasteiger partial charge is 0.508 e. The summed E-state index contributed by atoms with van der Waals surface area (Å²) in [4.78, 5) is 0. The molecule has 0 bridgehead atoms. The lowest BCUT2D eigenvalue weighted by Crippen LogP contribution is -2.33. The average molecular weight is 278 g/mol. The highest BCUT2D eigenvalue weighted by Crippen LogP contribution is 2.43. The molecule has 2 aromatic carbocycles. The predicted molar refractivity (Wildman–Crippen MR) is 84.4 cm³/mol.